The number of hydrogen-bond donors (Lipinski definition) is 1. The summed E-state index contributed by atoms with van der Waals surface area (Å²) < 4.78 is 29.4. The number of likely N-dealkylation sites (tertiary alicyclic amines) is 1. The molecule has 1 atom stereocenters. The third-order valence-corrected chi connectivity index (χ3v) is 6.94. The summed E-state index contributed by atoms with van der Waals surface area (Å²) in [6, 6.07) is 15.6. The summed E-state index contributed by atoms with van der Waals surface area (Å²) in [6.07, 6.45) is 5.44. The molecule has 2 aromatic carbocycles. The zero-order chi connectivity index (χ0) is 20.1. The highest BCUT2D eigenvalue weighted by atomic mass is 19.1. The largest absolute Gasteiger partial charge is 0.369 e. The van der Waals surface area contributed by atoms with Gasteiger partial charge in [-0.05, 0) is 55.1 Å². The third kappa shape index (κ3) is 3.77. The van der Waals surface area contributed by atoms with E-state index in [2.05, 4.69) is 16.8 Å². The molecule has 2 saturated carbocycles. The van der Waals surface area contributed by atoms with Crippen molar-refractivity contribution in [2.45, 2.75) is 50.2 Å². The molecule has 1 heterocycles. The van der Waals surface area contributed by atoms with E-state index in [4.69, 9.17) is 0 Å². The number of rotatable bonds is 7. The van der Waals surface area contributed by atoms with Crippen LogP contribution < -0.4 is 5.32 Å². The van der Waals surface area contributed by atoms with Crippen LogP contribution in [0.4, 0.5) is 8.78 Å². The van der Waals surface area contributed by atoms with Gasteiger partial charge in [0.05, 0.1) is 12.4 Å². The van der Waals surface area contributed by atoms with E-state index in [0.717, 1.165) is 29.9 Å². The number of alkyl halides is 1. The summed E-state index contributed by atoms with van der Waals surface area (Å²) >= 11 is 0. The standard InChI is InChI=1S/C25H28F2N2/c1-18(28-16-25(27)12-13-25)29-17-24(10-11-24)15-21(29)14-20-8-5-9-22(23(20)26)19-6-3-2-4-7-19/h2-9,21,28H,1,10-17H2/t21-/m0/s1. The Labute approximate surface area is 171 Å². The van der Waals surface area contributed by atoms with Gasteiger partial charge in [0.15, 0.2) is 0 Å². The first-order valence-electron chi connectivity index (χ1n) is 10.7. The lowest BCUT2D eigenvalue weighted by Gasteiger charge is -2.30. The van der Waals surface area contributed by atoms with Crippen molar-refractivity contribution in [1.29, 1.82) is 0 Å². The van der Waals surface area contributed by atoms with Crippen LogP contribution in [-0.2, 0) is 6.42 Å². The van der Waals surface area contributed by atoms with Crippen LogP contribution in [0, 0.1) is 11.2 Å². The molecule has 2 aromatic rings. The SMILES string of the molecule is C=C(NCC1(F)CC1)N1CC2(CC2)C[C@@H]1Cc1cccc(-c2ccccc2)c1F. The van der Waals surface area contributed by atoms with Gasteiger partial charge in [0.25, 0.3) is 0 Å². The van der Waals surface area contributed by atoms with Crippen LogP contribution in [0.3, 0.4) is 0 Å². The Hall–Kier alpha value is -2.36. The Morgan fingerprint density at radius 3 is 2.52 bits per heavy atom. The minimum absolute atomic E-state index is 0.130. The molecule has 0 amide bonds. The molecule has 1 aliphatic heterocycles. The summed E-state index contributed by atoms with van der Waals surface area (Å²) in [5.74, 6) is 0.664. The van der Waals surface area contributed by atoms with E-state index in [-0.39, 0.29) is 11.9 Å². The molecule has 5 rings (SSSR count). The second-order valence-corrected chi connectivity index (χ2v) is 9.29. The Kier molecular flexibility index (Phi) is 4.41. The highest BCUT2D eigenvalue weighted by Gasteiger charge is 2.52. The first-order valence-corrected chi connectivity index (χ1v) is 10.7. The number of hydrogen-bond acceptors (Lipinski definition) is 2. The van der Waals surface area contributed by atoms with Crippen LogP contribution in [0.15, 0.2) is 60.9 Å². The molecular formula is C25H28F2N2. The third-order valence-electron chi connectivity index (χ3n) is 6.94. The number of halogens is 2. The van der Waals surface area contributed by atoms with E-state index in [1.54, 1.807) is 0 Å². The van der Waals surface area contributed by atoms with Gasteiger partial charge in [0.1, 0.15) is 11.5 Å². The van der Waals surface area contributed by atoms with Gasteiger partial charge in [0.2, 0.25) is 0 Å². The Morgan fingerprint density at radius 1 is 1.07 bits per heavy atom. The lowest BCUT2D eigenvalue weighted by molar-refractivity contribution is 0.259. The molecule has 2 aliphatic carbocycles. The molecule has 0 radical (unpaired) electrons. The average molecular weight is 395 g/mol. The van der Waals surface area contributed by atoms with Gasteiger partial charge in [-0.25, -0.2) is 8.78 Å². The van der Waals surface area contributed by atoms with E-state index < -0.39 is 5.67 Å². The monoisotopic (exact) mass is 394 g/mol. The molecule has 29 heavy (non-hydrogen) atoms. The quantitative estimate of drug-likeness (QED) is 0.671. The van der Waals surface area contributed by atoms with E-state index in [1.807, 2.05) is 48.5 Å². The summed E-state index contributed by atoms with van der Waals surface area (Å²) in [5, 5.41) is 3.22. The van der Waals surface area contributed by atoms with Crippen molar-refractivity contribution in [3.05, 3.63) is 72.3 Å². The van der Waals surface area contributed by atoms with Gasteiger partial charge >= 0.3 is 0 Å². The van der Waals surface area contributed by atoms with Crippen molar-refractivity contribution in [1.82, 2.24) is 10.2 Å². The maximum Gasteiger partial charge on any atom is 0.134 e. The van der Waals surface area contributed by atoms with Crippen LogP contribution in [-0.4, -0.2) is 29.7 Å². The van der Waals surface area contributed by atoms with Crippen LogP contribution >= 0.6 is 0 Å². The average Bonchev–Trinajstić information content (AvgIpc) is 3.62. The Bertz CT molecular complexity index is 916. The van der Waals surface area contributed by atoms with Crippen molar-refractivity contribution in [2.24, 2.45) is 5.41 Å². The summed E-state index contributed by atoms with van der Waals surface area (Å²) in [7, 11) is 0. The minimum Gasteiger partial charge on any atom is -0.369 e. The summed E-state index contributed by atoms with van der Waals surface area (Å²) in [4.78, 5) is 2.27. The normalized spacial score (nSPS) is 23.2. The van der Waals surface area contributed by atoms with Crippen LogP contribution in [0.5, 0.6) is 0 Å². The first kappa shape index (κ1) is 18.7. The van der Waals surface area contributed by atoms with Crippen molar-refractivity contribution >= 4 is 0 Å². The van der Waals surface area contributed by atoms with Crippen LogP contribution in [0.2, 0.25) is 0 Å². The van der Waals surface area contributed by atoms with Crippen molar-refractivity contribution in [3.8, 4) is 11.1 Å². The predicted molar refractivity (Wildman–Crippen MR) is 113 cm³/mol. The smallest absolute Gasteiger partial charge is 0.134 e. The van der Waals surface area contributed by atoms with E-state index >= 15 is 4.39 Å². The van der Waals surface area contributed by atoms with Crippen LogP contribution in [0.25, 0.3) is 11.1 Å². The highest BCUT2D eigenvalue weighted by Crippen LogP contribution is 2.56. The van der Waals surface area contributed by atoms with E-state index in [9.17, 15) is 4.39 Å². The molecule has 1 N–H and O–H groups in total. The molecule has 0 bridgehead atoms. The van der Waals surface area contributed by atoms with E-state index in [0.29, 0.717) is 36.8 Å². The maximum absolute atomic E-state index is 15.4. The molecule has 1 spiro atoms. The van der Waals surface area contributed by atoms with Crippen molar-refractivity contribution in [2.75, 3.05) is 13.1 Å². The lowest BCUT2D eigenvalue weighted by atomic mass is 9.95. The fourth-order valence-corrected chi connectivity index (χ4v) is 4.71. The molecule has 2 nitrogen and oxygen atoms in total. The minimum atomic E-state index is -1.05. The Morgan fingerprint density at radius 2 is 1.83 bits per heavy atom. The van der Waals surface area contributed by atoms with Gasteiger partial charge in [-0.3, -0.25) is 0 Å². The van der Waals surface area contributed by atoms with Crippen molar-refractivity contribution < 1.29 is 8.78 Å². The van der Waals surface area contributed by atoms with Gasteiger partial charge in [-0.15, -0.1) is 0 Å². The highest BCUT2D eigenvalue weighted by molar-refractivity contribution is 5.65. The molecule has 1 saturated heterocycles. The first-order chi connectivity index (χ1) is 14.0. The molecule has 3 aliphatic rings. The topological polar surface area (TPSA) is 15.3 Å². The van der Waals surface area contributed by atoms with Gasteiger partial charge in [-0.2, -0.15) is 0 Å². The fraction of sp³-hybridized carbons (Fsp3) is 0.440. The molecule has 4 heteroatoms. The number of nitrogens with zero attached hydrogens (tertiary/aromatic N) is 1. The second-order valence-electron chi connectivity index (χ2n) is 9.29. The molecular weight excluding hydrogens is 366 g/mol. The van der Waals surface area contributed by atoms with E-state index in [1.165, 1.54) is 12.8 Å². The molecule has 0 aromatic heterocycles. The fourth-order valence-electron chi connectivity index (χ4n) is 4.71. The van der Waals surface area contributed by atoms with Gasteiger partial charge in [-0.1, -0.05) is 55.1 Å². The molecule has 3 fully saturated rings. The maximum atomic E-state index is 15.4. The summed E-state index contributed by atoms with van der Waals surface area (Å²) in [5.41, 5.74) is 1.61. The Balaban J connectivity index is 1.35. The van der Waals surface area contributed by atoms with Crippen LogP contribution in [0.1, 0.15) is 37.7 Å². The number of nitrogens with one attached hydrogen (secondary N) is 1. The van der Waals surface area contributed by atoms with Gasteiger partial charge in [0, 0.05) is 18.2 Å². The zero-order valence-electron chi connectivity index (χ0n) is 16.8. The second kappa shape index (κ2) is 6.86. The molecule has 0 unspecified atom stereocenters. The number of benzene rings is 2. The van der Waals surface area contributed by atoms with Gasteiger partial charge < -0.3 is 10.2 Å². The zero-order valence-corrected chi connectivity index (χ0v) is 16.8. The van der Waals surface area contributed by atoms with Crippen molar-refractivity contribution in [3.63, 3.8) is 0 Å². The predicted octanol–water partition coefficient (Wildman–Crippen LogP) is 5.45. The summed E-state index contributed by atoms with van der Waals surface area (Å²) in [6.45, 7) is 5.48. The lowest BCUT2D eigenvalue weighted by Crippen LogP contribution is -2.38. The molecule has 152 valence electrons.